The summed E-state index contributed by atoms with van der Waals surface area (Å²) in [6, 6.07) is 18.5. The Morgan fingerprint density at radius 2 is 1.91 bits per heavy atom. The molecule has 2 nitrogen and oxygen atoms in total. The first-order chi connectivity index (χ1) is 11.2. The van der Waals surface area contributed by atoms with Crippen LogP contribution in [-0.2, 0) is 11.3 Å². The molecule has 0 N–H and O–H groups in total. The minimum Gasteiger partial charge on any atom is -0.337 e. The highest BCUT2D eigenvalue weighted by atomic mass is 32.1. The van der Waals surface area contributed by atoms with Crippen molar-refractivity contribution in [2.24, 2.45) is 0 Å². The molecule has 0 saturated heterocycles. The Hall–Kier alpha value is -2.17. The average Bonchev–Trinajstić information content (AvgIpc) is 3.25. The van der Waals surface area contributed by atoms with Crippen molar-refractivity contribution in [3.63, 3.8) is 0 Å². The van der Waals surface area contributed by atoms with Crippen molar-refractivity contribution < 1.29 is 4.79 Å². The first kappa shape index (κ1) is 15.7. The van der Waals surface area contributed by atoms with E-state index in [0.717, 1.165) is 4.88 Å². The van der Waals surface area contributed by atoms with Crippen molar-refractivity contribution in [1.82, 2.24) is 4.90 Å². The molecule has 1 aromatic carbocycles. The molecular weight excluding hydrogens is 322 g/mol. The number of thiophene rings is 2. The summed E-state index contributed by atoms with van der Waals surface area (Å²) >= 11 is 3.36. The molecule has 3 rings (SSSR count). The maximum Gasteiger partial charge on any atom is 0.246 e. The van der Waals surface area contributed by atoms with Gasteiger partial charge in [0.1, 0.15) is 0 Å². The zero-order valence-electron chi connectivity index (χ0n) is 12.8. The summed E-state index contributed by atoms with van der Waals surface area (Å²) in [5.41, 5.74) is 1.21. The lowest BCUT2D eigenvalue weighted by Gasteiger charge is -2.13. The van der Waals surface area contributed by atoms with E-state index in [4.69, 9.17) is 0 Å². The van der Waals surface area contributed by atoms with Crippen molar-refractivity contribution in [3.05, 3.63) is 75.8 Å². The van der Waals surface area contributed by atoms with Crippen LogP contribution in [0.25, 0.3) is 16.5 Å². The maximum absolute atomic E-state index is 12.2. The highest BCUT2D eigenvalue weighted by Gasteiger charge is 2.07. The molecule has 0 fully saturated rings. The summed E-state index contributed by atoms with van der Waals surface area (Å²) in [5.74, 6) is 0.0214. The smallest absolute Gasteiger partial charge is 0.246 e. The Balaban J connectivity index is 1.63. The molecule has 0 spiro atoms. The first-order valence-electron chi connectivity index (χ1n) is 7.33. The van der Waals surface area contributed by atoms with Crippen LogP contribution in [0, 0.1) is 0 Å². The molecule has 0 aliphatic heterocycles. The van der Waals surface area contributed by atoms with Gasteiger partial charge in [0.25, 0.3) is 0 Å². The van der Waals surface area contributed by atoms with Crippen molar-refractivity contribution in [3.8, 4) is 10.4 Å². The zero-order valence-corrected chi connectivity index (χ0v) is 14.4. The summed E-state index contributed by atoms with van der Waals surface area (Å²) < 4.78 is 0. The van der Waals surface area contributed by atoms with E-state index in [9.17, 15) is 4.79 Å². The fraction of sp³-hybridized carbons (Fsp3) is 0.105. The van der Waals surface area contributed by atoms with Gasteiger partial charge in [-0.3, -0.25) is 4.79 Å². The predicted octanol–water partition coefficient (Wildman–Crippen LogP) is 5.15. The summed E-state index contributed by atoms with van der Waals surface area (Å²) in [6.45, 7) is 0.653. The van der Waals surface area contributed by atoms with Gasteiger partial charge in [-0.1, -0.05) is 36.4 Å². The lowest BCUT2D eigenvalue weighted by Crippen LogP contribution is -2.23. The van der Waals surface area contributed by atoms with Gasteiger partial charge in [-0.15, -0.1) is 22.7 Å². The Morgan fingerprint density at radius 1 is 1.09 bits per heavy atom. The summed E-state index contributed by atoms with van der Waals surface area (Å²) in [7, 11) is 1.83. The third-order valence-electron chi connectivity index (χ3n) is 3.42. The van der Waals surface area contributed by atoms with E-state index in [1.807, 2.05) is 48.8 Å². The number of carbonyl (C=O) groups is 1. The van der Waals surface area contributed by atoms with Gasteiger partial charge in [-0.05, 0) is 35.2 Å². The monoisotopic (exact) mass is 339 g/mol. The predicted molar refractivity (Wildman–Crippen MR) is 99.6 cm³/mol. The zero-order chi connectivity index (χ0) is 16.1. The molecule has 23 heavy (non-hydrogen) atoms. The van der Waals surface area contributed by atoms with Crippen LogP contribution < -0.4 is 0 Å². The fourth-order valence-corrected chi connectivity index (χ4v) is 3.87. The van der Waals surface area contributed by atoms with Gasteiger partial charge >= 0.3 is 0 Å². The van der Waals surface area contributed by atoms with Crippen LogP contribution in [0.1, 0.15) is 9.75 Å². The van der Waals surface area contributed by atoms with E-state index >= 15 is 0 Å². The summed E-state index contributed by atoms with van der Waals surface area (Å²) in [6.07, 6.45) is 3.54. The van der Waals surface area contributed by atoms with E-state index in [1.165, 1.54) is 15.3 Å². The second-order valence-electron chi connectivity index (χ2n) is 5.18. The van der Waals surface area contributed by atoms with Crippen LogP contribution in [0.5, 0.6) is 0 Å². The Kier molecular flexibility index (Phi) is 5.05. The van der Waals surface area contributed by atoms with Crippen LogP contribution in [0.15, 0.2) is 66.1 Å². The topological polar surface area (TPSA) is 20.3 Å². The van der Waals surface area contributed by atoms with Crippen LogP contribution in [0.4, 0.5) is 0 Å². The number of carbonyl (C=O) groups excluding carboxylic acids is 1. The number of nitrogens with zero attached hydrogens (tertiary/aromatic N) is 1. The normalized spacial score (nSPS) is 11.0. The number of benzene rings is 1. The van der Waals surface area contributed by atoms with Crippen LogP contribution >= 0.6 is 22.7 Å². The minimum atomic E-state index is 0.0214. The van der Waals surface area contributed by atoms with Crippen molar-refractivity contribution >= 4 is 34.7 Å². The van der Waals surface area contributed by atoms with Crippen molar-refractivity contribution in [2.75, 3.05) is 7.05 Å². The average molecular weight is 339 g/mol. The van der Waals surface area contributed by atoms with Gasteiger partial charge in [0.2, 0.25) is 5.91 Å². The molecule has 0 aliphatic rings. The van der Waals surface area contributed by atoms with E-state index in [0.29, 0.717) is 6.54 Å². The molecule has 2 heterocycles. The number of hydrogen-bond donors (Lipinski definition) is 0. The van der Waals surface area contributed by atoms with Crippen LogP contribution in [-0.4, -0.2) is 17.9 Å². The van der Waals surface area contributed by atoms with Gasteiger partial charge in [0, 0.05) is 27.8 Å². The molecular formula is C19H17NOS2. The quantitative estimate of drug-likeness (QED) is 0.589. The van der Waals surface area contributed by atoms with E-state index in [1.54, 1.807) is 33.6 Å². The second-order valence-corrected chi connectivity index (χ2v) is 7.32. The van der Waals surface area contributed by atoms with Gasteiger partial charge in [0.05, 0.1) is 6.54 Å². The van der Waals surface area contributed by atoms with E-state index in [-0.39, 0.29) is 5.91 Å². The lowest BCUT2D eigenvalue weighted by atomic mass is 10.2. The van der Waals surface area contributed by atoms with Crippen molar-refractivity contribution in [1.29, 1.82) is 0 Å². The van der Waals surface area contributed by atoms with E-state index in [2.05, 4.69) is 24.3 Å². The standard InChI is InChI=1S/C19H17NOS2/c1-20(14-17-8-5-13-22-17)19(21)12-10-16-9-11-18(23-16)15-6-3-2-4-7-15/h2-13H,14H2,1H3. The van der Waals surface area contributed by atoms with Crippen molar-refractivity contribution in [2.45, 2.75) is 6.54 Å². The summed E-state index contributed by atoms with van der Waals surface area (Å²) in [4.78, 5) is 17.4. The minimum absolute atomic E-state index is 0.0214. The lowest BCUT2D eigenvalue weighted by molar-refractivity contribution is -0.125. The molecule has 116 valence electrons. The van der Waals surface area contributed by atoms with Gasteiger partial charge in [0.15, 0.2) is 0 Å². The van der Waals surface area contributed by atoms with Gasteiger partial charge in [-0.2, -0.15) is 0 Å². The Bertz CT molecular complexity index is 788. The first-order valence-corrected chi connectivity index (χ1v) is 9.03. The fourth-order valence-electron chi connectivity index (χ4n) is 2.19. The highest BCUT2D eigenvalue weighted by Crippen LogP contribution is 2.28. The molecule has 3 aromatic rings. The van der Waals surface area contributed by atoms with Crippen LogP contribution in [0.3, 0.4) is 0 Å². The number of hydrogen-bond acceptors (Lipinski definition) is 3. The van der Waals surface area contributed by atoms with Gasteiger partial charge < -0.3 is 4.90 Å². The Morgan fingerprint density at radius 3 is 2.65 bits per heavy atom. The Labute approximate surface area is 144 Å². The summed E-state index contributed by atoms with van der Waals surface area (Å²) in [5, 5.41) is 2.03. The molecule has 0 radical (unpaired) electrons. The maximum atomic E-state index is 12.2. The number of amides is 1. The molecule has 0 aliphatic carbocycles. The third-order valence-corrected chi connectivity index (χ3v) is 5.39. The molecule has 2 aromatic heterocycles. The van der Waals surface area contributed by atoms with E-state index < -0.39 is 0 Å². The SMILES string of the molecule is CN(Cc1cccs1)C(=O)C=Cc1ccc(-c2ccccc2)s1. The molecule has 0 saturated carbocycles. The highest BCUT2D eigenvalue weighted by molar-refractivity contribution is 7.16. The molecule has 4 heteroatoms. The molecule has 0 bridgehead atoms. The van der Waals surface area contributed by atoms with Crippen LogP contribution in [0.2, 0.25) is 0 Å². The third kappa shape index (κ3) is 4.18. The largest absolute Gasteiger partial charge is 0.337 e. The molecule has 0 atom stereocenters. The van der Waals surface area contributed by atoms with Gasteiger partial charge in [-0.25, -0.2) is 0 Å². The number of rotatable bonds is 5. The molecule has 0 unspecified atom stereocenters. The second kappa shape index (κ2) is 7.40. The number of likely N-dealkylation sites (N-methyl/N-ethyl adjacent to an activating group) is 1. The molecule has 1 amide bonds.